The topological polar surface area (TPSA) is 95.1 Å². The number of carbonyl (C=O) groups is 1. The molecule has 0 spiro atoms. The highest BCUT2D eigenvalue weighted by molar-refractivity contribution is 6.06. The van der Waals surface area contributed by atoms with E-state index in [-0.39, 0.29) is 44.4 Å². The largest absolute Gasteiger partial charge is 0.367 e. The summed E-state index contributed by atoms with van der Waals surface area (Å²) in [4.78, 5) is 28.8. The van der Waals surface area contributed by atoms with E-state index in [0.717, 1.165) is 48.0 Å². The van der Waals surface area contributed by atoms with Crippen LogP contribution in [0.2, 0.25) is 0 Å². The summed E-state index contributed by atoms with van der Waals surface area (Å²) in [5, 5.41) is 10.5. The van der Waals surface area contributed by atoms with E-state index < -0.39 is 5.92 Å². The summed E-state index contributed by atoms with van der Waals surface area (Å²) in [6.07, 6.45) is 7.60. The molecule has 1 unspecified atom stereocenters. The fraction of sp³-hybridized carbons (Fsp3) is 0.481. The van der Waals surface area contributed by atoms with E-state index >= 15 is 0 Å². The Morgan fingerprint density at radius 2 is 1.70 bits per heavy atom. The van der Waals surface area contributed by atoms with E-state index in [2.05, 4.69) is 30.9 Å². The Morgan fingerprint density at radius 1 is 1.00 bits per heavy atom. The van der Waals surface area contributed by atoms with Crippen LogP contribution in [-0.2, 0) is 0 Å². The van der Waals surface area contributed by atoms with Gasteiger partial charge in [-0.2, -0.15) is 0 Å². The van der Waals surface area contributed by atoms with Gasteiger partial charge >= 0.3 is 0 Å². The van der Waals surface area contributed by atoms with Gasteiger partial charge in [-0.15, -0.1) is 0 Å². The fourth-order valence-electron chi connectivity index (χ4n) is 4.77. The van der Waals surface area contributed by atoms with Gasteiger partial charge in [0.25, 0.3) is 11.8 Å². The molecule has 6 rings (SSSR count). The molecule has 2 aliphatic carbocycles. The predicted octanol–water partition coefficient (Wildman–Crippen LogP) is 4.38. The molecule has 10 heteroatoms. The van der Waals surface area contributed by atoms with Crippen molar-refractivity contribution in [2.45, 2.75) is 62.6 Å². The van der Waals surface area contributed by atoms with Gasteiger partial charge in [0.05, 0.1) is 11.6 Å². The number of alkyl halides is 2. The molecule has 37 heavy (non-hydrogen) atoms. The van der Waals surface area contributed by atoms with Gasteiger partial charge in [-0.05, 0) is 49.9 Å². The lowest BCUT2D eigenvalue weighted by Gasteiger charge is -2.37. The second-order valence-electron chi connectivity index (χ2n) is 10.4. The molecule has 3 aliphatic rings. The van der Waals surface area contributed by atoms with Crippen LogP contribution in [0.4, 0.5) is 20.5 Å². The number of pyridine rings is 1. The SMILES string of the molecule is O=C(NCC(c1cnc(NC2CC2)nc1)N1CCC(F)(F)CC1)c1cccc2nc(NC3CC3)ccc12. The number of piperidine rings is 1. The summed E-state index contributed by atoms with van der Waals surface area (Å²) in [6.45, 7) is 0.740. The van der Waals surface area contributed by atoms with E-state index in [1.54, 1.807) is 18.5 Å². The third kappa shape index (κ3) is 5.79. The third-order valence-corrected chi connectivity index (χ3v) is 7.30. The Bertz CT molecular complexity index is 1270. The number of anilines is 2. The van der Waals surface area contributed by atoms with E-state index in [0.29, 0.717) is 23.6 Å². The van der Waals surface area contributed by atoms with Crippen molar-refractivity contribution in [3.63, 3.8) is 0 Å². The number of rotatable bonds is 9. The second kappa shape index (κ2) is 9.81. The van der Waals surface area contributed by atoms with Crippen LogP contribution in [0.5, 0.6) is 0 Å². The predicted molar refractivity (Wildman–Crippen MR) is 138 cm³/mol. The Balaban J connectivity index is 1.19. The number of hydrogen-bond donors (Lipinski definition) is 3. The lowest BCUT2D eigenvalue weighted by Crippen LogP contribution is -2.45. The zero-order valence-corrected chi connectivity index (χ0v) is 20.6. The van der Waals surface area contributed by atoms with Crippen molar-refractivity contribution in [1.82, 2.24) is 25.2 Å². The quantitative estimate of drug-likeness (QED) is 0.396. The molecule has 1 aromatic carbocycles. The second-order valence-corrected chi connectivity index (χ2v) is 10.4. The van der Waals surface area contributed by atoms with Crippen LogP contribution < -0.4 is 16.0 Å². The van der Waals surface area contributed by atoms with Gasteiger partial charge < -0.3 is 16.0 Å². The van der Waals surface area contributed by atoms with Crippen LogP contribution >= 0.6 is 0 Å². The molecule has 3 N–H and O–H groups in total. The normalized spacial score (nSPS) is 20.4. The van der Waals surface area contributed by atoms with Gasteiger partial charge in [0.1, 0.15) is 5.82 Å². The maximum absolute atomic E-state index is 13.9. The minimum absolute atomic E-state index is 0.203. The van der Waals surface area contributed by atoms with Crippen molar-refractivity contribution >= 4 is 28.6 Å². The lowest BCUT2D eigenvalue weighted by molar-refractivity contribution is -0.0632. The van der Waals surface area contributed by atoms with E-state index in [4.69, 9.17) is 0 Å². The van der Waals surface area contributed by atoms with Crippen LogP contribution in [0.25, 0.3) is 10.9 Å². The highest BCUT2D eigenvalue weighted by Crippen LogP contribution is 2.32. The smallest absolute Gasteiger partial charge is 0.252 e. The van der Waals surface area contributed by atoms with Crippen molar-refractivity contribution in [3.8, 4) is 0 Å². The highest BCUT2D eigenvalue weighted by Gasteiger charge is 2.37. The molecular weight excluding hydrogens is 476 g/mol. The standard InChI is InChI=1S/C27H31F2N7O/c28-27(29)10-12-36(13-11-27)23(17-14-31-26(32-15-17)34-19-6-7-19)16-30-25(37)21-2-1-3-22-20(21)8-9-24(35-22)33-18-4-5-18/h1-3,8-9,14-15,18-19,23H,4-7,10-13,16H2,(H,30,37)(H,33,35)(H,31,32,34). The molecule has 8 nitrogen and oxygen atoms in total. The Labute approximate surface area is 214 Å². The molecule has 3 aromatic rings. The number of nitrogens with zero attached hydrogens (tertiary/aromatic N) is 4. The van der Waals surface area contributed by atoms with E-state index in [1.807, 2.05) is 29.2 Å². The third-order valence-electron chi connectivity index (χ3n) is 7.30. The first-order valence-electron chi connectivity index (χ1n) is 13.1. The first-order chi connectivity index (χ1) is 17.9. The summed E-state index contributed by atoms with van der Waals surface area (Å²) < 4.78 is 27.7. The summed E-state index contributed by atoms with van der Waals surface area (Å²) in [5.74, 6) is -1.50. The summed E-state index contributed by atoms with van der Waals surface area (Å²) in [5.41, 5.74) is 2.08. The monoisotopic (exact) mass is 507 g/mol. The van der Waals surface area contributed by atoms with Crippen molar-refractivity contribution in [2.75, 3.05) is 30.3 Å². The van der Waals surface area contributed by atoms with Crippen LogP contribution in [0.3, 0.4) is 0 Å². The molecule has 2 aromatic heterocycles. The number of nitrogens with one attached hydrogen (secondary N) is 3. The summed E-state index contributed by atoms with van der Waals surface area (Å²) in [6, 6.07) is 9.95. The van der Waals surface area contributed by atoms with Crippen LogP contribution in [-0.4, -0.2) is 63.4 Å². The molecule has 3 fully saturated rings. The number of carbonyl (C=O) groups excluding carboxylic acids is 1. The number of benzene rings is 1. The van der Waals surface area contributed by atoms with E-state index in [9.17, 15) is 13.6 Å². The average Bonchev–Trinajstić information content (AvgIpc) is 3.83. The molecular formula is C27H31F2N7O. The Morgan fingerprint density at radius 3 is 2.41 bits per heavy atom. The number of likely N-dealkylation sites (tertiary alicyclic amines) is 1. The van der Waals surface area contributed by atoms with Crippen LogP contribution in [0.15, 0.2) is 42.7 Å². The van der Waals surface area contributed by atoms with Crippen molar-refractivity contribution in [3.05, 3.63) is 53.9 Å². The molecule has 0 bridgehead atoms. The first-order valence-corrected chi connectivity index (χ1v) is 13.1. The van der Waals surface area contributed by atoms with Gasteiger partial charge in [0.15, 0.2) is 0 Å². The van der Waals surface area contributed by atoms with Crippen molar-refractivity contribution < 1.29 is 13.6 Å². The Kier molecular flexibility index (Phi) is 6.36. The van der Waals surface area contributed by atoms with Crippen molar-refractivity contribution in [1.29, 1.82) is 0 Å². The molecule has 194 valence electrons. The Hall–Kier alpha value is -3.40. The molecule has 1 aliphatic heterocycles. The van der Waals surface area contributed by atoms with Gasteiger partial charge in [-0.25, -0.2) is 23.7 Å². The number of fused-ring (bicyclic) bond motifs is 1. The van der Waals surface area contributed by atoms with Gasteiger partial charge in [0.2, 0.25) is 5.95 Å². The molecule has 1 amide bonds. The highest BCUT2D eigenvalue weighted by atomic mass is 19.3. The van der Waals surface area contributed by atoms with Crippen molar-refractivity contribution in [2.24, 2.45) is 0 Å². The van der Waals surface area contributed by atoms with Gasteiger partial charge in [0, 0.05) is 73.5 Å². The first kappa shape index (κ1) is 24.0. The zero-order chi connectivity index (χ0) is 25.4. The fourth-order valence-corrected chi connectivity index (χ4v) is 4.77. The van der Waals surface area contributed by atoms with E-state index in [1.165, 1.54) is 0 Å². The minimum Gasteiger partial charge on any atom is -0.367 e. The van der Waals surface area contributed by atoms with Gasteiger partial charge in [-0.3, -0.25) is 9.69 Å². The molecule has 0 radical (unpaired) electrons. The zero-order valence-electron chi connectivity index (χ0n) is 20.6. The molecule has 1 saturated heterocycles. The minimum atomic E-state index is -2.65. The number of amides is 1. The van der Waals surface area contributed by atoms with Gasteiger partial charge in [-0.1, -0.05) is 6.07 Å². The average molecular weight is 508 g/mol. The lowest BCUT2D eigenvalue weighted by atomic mass is 10.0. The molecule has 1 atom stereocenters. The number of aromatic nitrogens is 3. The number of hydrogen-bond acceptors (Lipinski definition) is 7. The van der Waals surface area contributed by atoms with Crippen LogP contribution in [0, 0.1) is 0 Å². The summed E-state index contributed by atoms with van der Waals surface area (Å²) in [7, 11) is 0. The summed E-state index contributed by atoms with van der Waals surface area (Å²) >= 11 is 0. The molecule has 3 heterocycles. The molecule has 2 saturated carbocycles. The van der Waals surface area contributed by atoms with Crippen LogP contribution in [0.1, 0.15) is 60.5 Å². The number of halogens is 2. The maximum Gasteiger partial charge on any atom is 0.252 e. The maximum atomic E-state index is 13.9.